The van der Waals surface area contributed by atoms with Crippen LogP contribution in [-0.2, 0) is 17.6 Å². The van der Waals surface area contributed by atoms with Crippen molar-refractivity contribution in [2.75, 3.05) is 4.90 Å². The van der Waals surface area contributed by atoms with Gasteiger partial charge in [0.1, 0.15) is 0 Å². The van der Waals surface area contributed by atoms with Crippen molar-refractivity contribution in [2.24, 2.45) is 0 Å². The number of carbonyl (C=O) groups excluding carboxylic acids is 1. The van der Waals surface area contributed by atoms with Crippen LogP contribution in [0.15, 0.2) is 42.5 Å². The lowest BCUT2D eigenvalue weighted by molar-refractivity contribution is -0.384. The molecule has 1 amide bonds. The number of aryl methyl sites for hydroxylation is 2. The molecule has 0 aromatic heterocycles. The molecule has 0 radical (unpaired) electrons. The Bertz CT molecular complexity index is 816. The van der Waals surface area contributed by atoms with Gasteiger partial charge in [-0.1, -0.05) is 24.3 Å². The van der Waals surface area contributed by atoms with Gasteiger partial charge in [0.05, 0.1) is 11.0 Å². The van der Waals surface area contributed by atoms with Gasteiger partial charge in [-0.05, 0) is 42.0 Å². The van der Waals surface area contributed by atoms with Gasteiger partial charge in [-0.15, -0.1) is 0 Å². The highest BCUT2D eigenvalue weighted by Gasteiger charge is 2.35. The Balaban J connectivity index is 1.79. The van der Waals surface area contributed by atoms with E-state index in [0.29, 0.717) is 12.8 Å². The van der Waals surface area contributed by atoms with Crippen molar-refractivity contribution in [3.63, 3.8) is 0 Å². The van der Waals surface area contributed by atoms with E-state index in [1.54, 1.807) is 12.1 Å². The second kappa shape index (κ2) is 5.19. The van der Waals surface area contributed by atoms with E-state index in [2.05, 4.69) is 12.1 Å². The van der Waals surface area contributed by atoms with Gasteiger partial charge in [-0.3, -0.25) is 14.9 Å². The quantitative estimate of drug-likeness (QED) is 0.629. The Kier molecular flexibility index (Phi) is 3.15. The summed E-state index contributed by atoms with van der Waals surface area (Å²) >= 11 is 0. The number of hydrogen-bond acceptors (Lipinski definition) is 3. The highest BCUT2D eigenvalue weighted by Crippen LogP contribution is 2.42. The smallest absolute Gasteiger partial charge is 0.269 e. The van der Waals surface area contributed by atoms with Crippen LogP contribution in [0.2, 0.25) is 0 Å². The standard InChI is InChI=1S/C18H16N2O3/c21-18-10-6-13-11-14(20(22)23)7-9-16(13)19(18)17-8-5-12-3-1-2-4-15(12)17/h1-4,7,9,11,17H,5-6,8,10H2. The summed E-state index contributed by atoms with van der Waals surface area (Å²) in [4.78, 5) is 25.0. The van der Waals surface area contributed by atoms with Crippen molar-refractivity contribution in [3.05, 3.63) is 69.3 Å². The van der Waals surface area contributed by atoms with Gasteiger partial charge in [-0.25, -0.2) is 0 Å². The maximum atomic E-state index is 12.6. The van der Waals surface area contributed by atoms with Crippen molar-refractivity contribution in [3.8, 4) is 0 Å². The molecule has 2 aliphatic rings. The summed E-state index contributed by atoms with van der Waals surface area (Å²) in [6, 6.07) is 13.1. The summed E-state index contributed by atoms with van der Waals surface area (Å²) in [5, 5.41) is 11.0. The molecule has 2 aromatic rings. The normalized spacial score (nSPS) is 19.4. The first-order valence-electron chi connectivity index (χ1n) is 7.82. The molecule has 4 rings (SSSR count). The molecule has 5 nitrogen and oxygen atoms in total. The number of rotatable bonds is 2. The van der Waals surface area contributed by atoms with Crippen molar-refractivity contribution >= 4 is 17.3 Å². The molecule has 1 atom stereocenters. The summed E-state index contributed by atoms with van der Waals surface area (Å²) in [6.45, 7) is 0. The lowest BCUT2D eigenvalue weighted by Gasteiger charge is -2.34. The zero-order valence-electron chi connectivity index (χ0n) is 12.6. The number of anilines is 1. The predicted molar refractivity (Wildman–Crippen MR) is 86.4 cm³/mol. The molecule has 0 spiro atoms. The average Bonchev–Trinajstić information content (AvgIpc) is 2.98. The van der Waals surface area contributed by atoms with E-state index in [4.69, 9.17) is 0 Å². The molecule has 1 aliphatic carbocycles. The summed E-state index contributed by atoms with van der Waals surface area (Å²) in [7, 11) is 0. The number of non-ortho nitro benzene ring substituents is 1. The minimum atomic E-state index is -0.383. The van der Waals surface area contributed by atoms with E-state index in [0.717, 1.165) is 24.1 Å². The monoisotopic (exact) mass is 308 g/mol. The van der Waals surface area contributed by atoms with Crippen LogP contribution >= 0.6 is 0 Å². The zero-order valence-corrected chi connectivity index (χ0v) is 12.6. The SMILES string of the molecule is O=C1CCc2cc([N+](=O)[O-])ccc2N1C1CCc2ccccc21. The summed E-state index contributed by atoms with van der Waals surface area (Å²) < 4.78 is 0. The van der Waals surface area contributed by atoms with E-state index in [9.17, 15) is 14.9 Å². The predicted octanol–water partition coefficient (Wildman–Crippen LogP) is 3.56. The average molecular weight is 308 g/mol. The molecule has 116 valence electrons. The molecule has 1 aliphatic heterocycles. The highest BCUT2D eigenvalue weighted by atomic mass is 16.6. The molecule has 1 unspecified atom stereocenters. The van der Waals surface area contributed by atoms with Crippen LogP contribution < -0.4 is 4.90 Å². The first kappa shape index (κ1) is 13.9. The number of amides is 1. The van der Waals surface area contributed by atoms with Crippen LogP contribution in [0.25, 0.3) is 0 Å². The number of hydrogen-bond donors (Lipinski definition) is 0. The third-order valence-corrected chi connectivity index (χ3v) is 4.82. The third-order valence-electron chi connectivity index (χ3n) is 4.82. The van der Waals surface area contributed by atoms with Crippen molar-refractivity contribution in [2.45, 2.75) is 31.7 Å². The van der Waals surface area contributed by atoms with Crippen LogP contribution in [0.4, 0.5) is 11.4 Å². The van der Waals surface area contributed by atoms with Gasteiger partial charge in [-0.2, -0.15) is 0 Å². The lowest BCUT2D eigenvalue weighted by Crippen LogP contribution is -2.37. The molecular weight excluding hydrogens is 292 g/mol. The maximum Gasteiger partial charge on any atom is 0.269 e. The molecule has 1 heterocycles. The molecule has 0 bridgehead atoms. The second-order valence-electron chi connectivity index (χ2n) is 6.09. The van der Waals surface area contributed by atoms with Crippen LogP contribution in [0, 0.1) is 10.1 Å². The Morgan fingerprint density at radius 2 is 1.87 bits per heavy atom. The zero-order chi connectivity index (χ0) is 16.0. The van der Waals surface area contributed by atoms with Gasteiger partial charge < -0.3 is 4.90 Å². The fourth-order valence-electron chi connectivity index (χ4n) is 3.76. The molecule has 0 N–H and O–H groups in total. The summed E-state index contributed by atoms with van der Waals surface area (Å²) in [5.41, 5.74) is 4.30. The van der Waals surface area contributed by atoms with Gasteiger partial charge >= 0.3 is 0 Å². The van der Waals surface area contributed by atoms with Crippen molar-refractivity contribution in [1.82, 2.24) is 0 Å². The molecule has 23 heavy (non-hydrogen) atoms. The van der Waals surface area contributed by atoms with Gasteiger partial charge in [0.15, 0.2) is 0 Å². The van der Waals surface area contributed by atoms with Gasteiger partial charge in [0.25, 0.3) is 5.69 Å². The molecule has 0 fully saturated rings. The van der Waals surface area contributed by atoms with E-state index in [1.807, 2.05) is 17.0 Å². The second-order valence-corrected chi connectivity index (χ2v) is 6.09. The van der Waals surface area contributed by atoms with Crippen LogP contribution in [-0.4, -0.2) is 10.8 Å². The van der Waals surface area contributed by atoms with Crippen LogP contribution in [0.5, 0.6) is 0 Å². The fraction of sp³-hybridized carbons (Fsp3) is 0.278. The number of nitro groups is 1. The molecule has 5 heteroatoms. The minimum Gasteiger partial charge on any atom is -0.305 e. The fourth-order valence-corrected chi connectivity index (χ4v) is 3.76. The highest BCUT2D eigenvalue weighted by molar-refractivity contribution is 5.97. The lowest BCUT2D eigenvalue weighted by atomic mass is 9.96. The third kappa shape index (κ3) is 2.20. The summed E-state index contributed by atoms with van der Waals surface area (Å²) in [5.74, 6) is 0.105. The van der Waals surface area contributed by atoms with E-state index >= 15 is 0 Å². The number of nitrogens with zero attached hydrogens (tertiary/aromatic N) is 2. The number of benzene rings is 2. The Hall–Kier alpha value is -2.69. The molecule has 0 saturated heterocycles. The molecule has 0 saturated carbocycles. The topological polar surface area (TPSA) is 63.4 Å². The first-order valence-corrected chi connectivity index (χ1v) is 7.82. The largest absolute Gasteiger partial charge is 0.305 e. The minimum absolute atomic E-state index is 0.0409. The van der Waals surface area contributed by atoms with Crippen molar-refractivity contribution < 1.29 is 9.72 Å². The van der Waals surface area contributed by atoms with E-state index < -0.39 is 0 Å². The van der Waals surface area contributed by atoms with Gasteiger partial charge in [0, 0.05) is 24.2 Å². The maximum absolute atomic E-state index is 12.6. The molecule has 2 aromatic carbocycles. The number of fused-ring (bicyclic) bond motifs is 2. The Morgan fingerprint density at radius 1 is 1.04 bits per heavy atom. The molecular formula is C18H16N2O3. The van der Waals surface area contributed by atoms with Crippen LogP contribution in [0.1, 0.15) is 35.6 Å². The van der Waals surface area contributed by atoms with E-state index in [1.165, 1.54) is 17.2 Å². The van der Waals surface area contributed by atoms with Crippen LogP contribution in [0.3, 0.4) is 0 Å². The van der Waals surface area contributed by atoms with Crippen molar-refractivity contribution in [1.29, 1.82) is 0 Å². The number of nitro benzene ring substituents is 1. The summed E-state index contributed by atoms with van der Waals surface area (Å²) in [6.07, 6.45) is 2.85. The Morgan fingerprint density at radius 3 is 2.70 bits per heavy atom. The van der Waals surface area contributed by atoms with Gasteiger partial charge in [0.2, 0.25) is 5.91 Å². The Labute approximate surface area is 133 Å². The number of carbonyl (C=O) groups is 1. The first-order chi connectivity index (χ1) is 11.1. The van der Waals surface area contributed by atoms with E-state index in [-0.39, 0.29) is 22.6 Å².